The topological polar surface area (TPSA) is 81.9 Å². The van der Waals surface area contributed by atoms with E-state index in [4.69, 9.17) is 10.5 Å². The summed E-state index contributed by atoms with van der Waals surface area (Å²) in [7, 11) is 1.16. The molecule has 28 heavy (non-hydrogen) atoms. The van der Waals surface area contributed by atoms with E-state index in [0.717, 1.165) is 7.11 Å². The number of nitrogens with zero attached hydrogens (tertiary/aromatic N) is 1. The summed E-state index contributed by atoms with van der Waals surface area (Å²) in [6.07, 6.45) is 2.05. The first-order chi connectivity index (χ1) is 13.0. The van der Waals surface area contributed by atoms with Crippen LogP contribution in [0.25, 0.3) is 0 Å². The van der Waals surface area contributed by atoms with E-state index >= 15 is 0 Å². The molecule has 0 fully saturated rings. The molecule has 0 aliphatic carbocycles. The van der Waals surface area contributed by atoms with Gasteiger partial charge in [0.1, 0.15) is 5.60 Å². The van der Waals surface area contributed by atoms with Crippen LogP contribution < -0.4 is 5.73 Å². The van der Waals surface area contributed by atoms with Gasteiger partial charge in [0.15, 0.2) is 5.82 Å². The van der Waals surface area contributed by atoms with Gasteiger partial charge in [0.05, 0.1) is 30.5 Å². The highest BCUT2D eigenvalue weighted by Crippen LogP contribution is 2.29. The number of hydrogen-bond acceptors (Lipinski definition) is 5. The molecule has 0 spiro atoms. The first-order valence-electron chi connectivity index (χ1n) is 8.58. The maximum absolute atomic E-state index is 14.7. The van der Waals surface area contributed by atoms with Crippen LogP contribution in [0.3, 0.4) is 0 Å². The number of esters is 1. The third-order valence-corrected chi connectivity index (χ3v) is 4.47. The van der Waals surface area contributed by atoms with E-state index in [-0.39, 0.29) is 23.4 Å². The zero-order chi connectivity index (χ0) is 21.1. The summed E-state index contributed by atoms with van der Waals surface area (Å²) < 4.78 is 25.0. The maximum Gasteiger partial charge on any atom is 0.410 e. The van der Waals surface area contributed by atoms with E-state index in [1.54, 1.807) is 20.8 Å². The van der Waals surface area contributed by atoms with Crippen molar-refractivity contribution in [3.8, 4) is 11.8 Å². The van der Waals surface area contributed by atoms with Crippen molar-refractivity contribution in [1.82, 2.24) is 4.90 Å². The van der Waals surface area contributed by atoms with Gasteiger partial charge in [-0.2, -0.15) is 0 Å². The smallest absolute Gasteiger partial charge is 0.410 e. The van der Waals surface area contributed by atoms with Crippen LogP contribution >= 0.6 is 15.9 Å². The predicted octanol–water partition coefficient (Wildman–Crippen LogP) is 3.88. The lowest BCUT2D eigenvalue weighted by molar-refractivity contribution is 0.0264. The van der Waals surface area contributed by atoms with Gasteiger partial charge in [0.2, 0.25) is 0 Å². The molecule has 6 nitrogen and oxygen atoms in total. The summed E-state index contributed by atoms with van der Waals surface area (Å²) in [5.74, 6) is 3.86. The molecule has 2 rings (SSSR count). The quantitative estimate of drug-likeness (QED) is 0.397. The highest BCUT2D eigenvalue weighted by molar-refractivity contribution is 9.10. The van der Waals surface area contributed by atoms with Crippen molar-refractivity contribution < 1.29 is 23.5 Å². The molecule has 1 aliphatic rings. The number of benzene rings is 1. The molecule has 8 heteroatoms. The number of nitrogens with two attached hydrogens (primary N) is 1. The van der Waals surface area contributed by atoms with Gasteiger partial charge < -0.3 is 20.1 Å². The molecule has 1 aromatic rings. The summed E-state index contributed by atoms with van der Waals surface area (Å²) in [5.41, 5.74) is 5.66. The molecule has 0 aromatic heterocycles. The molecule has 0 atom stereocenters. The minimum absolute atomic E-state index is 0.0815. The Morgan fingerprint density at radius 2 is 2.00 bits per heavy atom. The Balaban J connectivity index is 2.28. The van der Waals surface area contributed by atoms with Crippen LogP contribution in [0.2, 0.25) is 0 Å². The number of ether oxygens (including phenoxy) is 2. The molecule has 0 bridgehead atoms. The number of methoxy groups -OCH3 is 1. The lowest BCUT2D eigenvalue weighted by Crippen LogP contribution is -2.39. The van der Waals surface area contributed by atoms with Crippen molar-refractivity contribution in [2.75, 3.05) is 25.9 Å². The van der Waals surface area contributed by atoms with E-state index in [1.165, 1.54) is 11.0 Å². The molecule has 0 radical (unpaired) electrons. The average Bonchev–Trinajstić information content (AvgIpc) is 2.63. The molecule has 1 aliphatic heterocycles. The van der Waals surface area contributed by atoms with Gasteiger partial charge >= 0.3 is 12.1 Å². The van der Waals surface area contributed by atoms with E-state index < -0.39 is 23.5 Å². The molecule has 1 heterocycles. The largest absolute Gasteiger partial charge is 0.465 e. The van der Waals surface area contributed by atoms with Crippen molar-refractivity contribution in [2.45, 2.75) is 32.8 Å². The maximum atomic E-state index is 14.7. The zero-order valence-corrected chi connectivity index (χ0v) is 17.8. The number of nitrogen functional groups attached to an aromatic ring is 1. The molecule has 1 aromatic carbocycles. The summed E-state index contributed by atoms with van der Waals surface area (Å²) in [6.45, 7) is 6.15. The zero-order valence-electron chi connectivity index (χ0n) is 16.2. The summed E-state index contributed by atoms with van der Waals surface area (Å²) in [4.78, 5) is 25.5. The second-order valence-electron chi connectivity index (χ2n) is 7.17. The van der Waals surface area contributed by atoms with Crippen LogP contribution in [0.15, 0.2) is 22.2 Å². The fourth-order valence-corrected chi connectivity index (χ4v) is 2.91. The first kappa shape index (κ1) is 21.8. The van der Waals surface area contributed by atoms with Crippen LogP contribution in [0.1, 0.15) is 43.1 Å². The number of carbonyl (C=O) groups excluding carboxylic acids is 2. The Kier molecular flexibility index (Phi) is 6.73. The van der Waals surface area contributed by atoms with Crippen molar-refractivity contribution in [3.05, 3.63) is 39.1 Å². The molecule has 0 saturated heterocycles. The lowest BCUT2D eigenvalue weighted by atomic mass is 10.1. The van der Waals surface area contributed by atoms with E-state index in [2.05, 4.69) is 32.5 Å². The summed E-state index contributed by atoms with van der Waals surface area (Å²) >= 11 is 3.20. The third-order valence-electron chi connectivity index (χ3n) is 3.81. The number of carbonyl (C=O) groups is 2. The van der Waals surface area contributed by atoms with Gasteiger partial charge in [0, 0.05) is 16.6 Å². The molecular formula is C20H22BrFN2O4. The standard InChI is InChI=1S/C20H22BrFN2O4/c1-20(2,3)28-19(26)24-9-5-6-12(11-24)7-8-13-16(22)14(18(25)27-4)10-15(21)17(13)23/h6,10H,5,9,11,23H2,1-4H3. The van der Waals surface area contributed by atoms with Gasteiger partial charge in [-0.05, 0) is 49.2 Å². The molecule has 2 N–H and O–H groups in total. The number of hydrogen-bond donors (Lipinski definition) is 1. The molecule has 0 saturated carbocycles. The normalized spacial score (nSPS) is 13.9. The van der Waals surface area contributed by atoms with Crippen molar-refractivity contribution in [1.29, 1.82) is 0 Å². The Morgan fingerprint density at radius 3 is 2.61 bits per heavy atom. The third kappa shape index (κ3) is 5.26. The Morgan fingerprint density at radius 1 is 1.32 bits per heavy atom. The second kappa shape index (κ2) is 8.65. The highest BCUT2D eigenvalue weighted by Gasteiger charge is 2.24. The monoisotopic (exact) mass is 452 g/mol. The Hall–Kier alpha value is -2.53. The Bertz CT molecular complexity index is 894. The van der Waals surface area contributed by atoms with E-state index in [1.807, 2.05) is 6.08 Å². The average molecular weight is 453 g/mol. The van der Waals surface area contributed by atoms with E-state index in [9.17, 15) is 14.0 Å². The Labute approximate surface area is 172 Å². The summed E-state index contributed by atoms with van der Waals surface area (Å²) in [6, 6.07) is 1.26. The van der Waals surface area contributed by atoms with Crippen molar-refractivity contribution >= 4 is 33.7 Å². The van der Waals surface area contributed by atoms with Gasteiger partial charge in [0.25, 0.3) is 0 Å². The van der Waals surface area contributed by atoms with Crippen LogP contribution in [-0.4, -0.2) is 42.8 Å². The number of amides is 1. The van der Waals surface area contributed by atoms with Gasteiger partial charge in [-0.1, -0.05) is 17.9 Å². The fourth-order valence-electron chi connectivity index (χ4n) is 2.48. The van der Waals surface area contributed by atoms with Crippen LogP contribution in [0.5, 0.6) is 0 Å². The van der Waals surface area contributed by atoms with E-state index in [0.29, 0.717) is 23.0 Å². The van der Waals surface area contributed by atoms with Crippen LogP contribution in [0, 0.1) is 17.7 Å². The van der Waals surface area contributed by atoms with Gasteiger partial charge in [-0.3, -0.25) is 0 Å². The summed E-state index contributed by atoms with van der Waals surface area (Å²) in [5, 5.41) is 0. The minimum Gasteiger partial charge on any atom is -0.465 e. The van der Waals surface area contributed by atoms with Gasteiger partial charge in [-0.15, -0.1) is 0 Å². The number of rotatable bonds is 1. The highest BCUT2D eigenvalue weighted by atomic mass is 79.9. The first-order valence-corrected chi connectivity index (χ1v) is 9.37. The predicted molar refractivity (Wildman–Crippen MR) is 107 cm³/mol. The lowest BCUT2D eigenvalue weighted by Gasteiger charge is -2.29. The molecule has 150 valence electrons. The van der Waals surface area contributed by atoms with Crippen LogP contribution in [-0.2, 0) is 9.47 Å². The van der Waals surface area contributed by atoms with Crippen molar-refractivity contribution in [3.63, 3.8) is 0 Å². The molecule has 0 unspecified atom stereocenters. The minimum atomic E-state index is -0.847. The molecular weight excluding hydrogens is 431 g/mol. The SMILES string of the molecule is COC(=O)c1cc(Br)c(N)c(C#CC2=CCCN(C(=O)OC(C)(C)C)C2)c1F. The van der Waals surface area contributed by atoms with Gasteiger partial charge in [-0.25, -0.2) is 14.0 Å². The molecule has 1 amide bonds. The van der Waals surface area contributed by atoms with Crippen LogP contribution in [0.4, 0.5) is 14.9 Å². The second-order valence-corrected chi connectivity index (χ2v) is 8.02. The number of anilines is 1. The number of halogens is 2. The van der Waals surface area contributed by atoms with Crippen molar-refractivity contribution in [2.24, 2.45) is 0 Å². The fraction of sp³-hybridized carbons (Fsp3) is 0.400.